The van der Waals surface area contributed by atoms with E-state index in [2.05, 4.69) is 353 Å². The van der Waals surface area contributed by atoms with Crippen molar-refractivity contribution in [2.45, 2.75) is 131 Å². The summed E-state index contributed by atoms with van der Waals surface area (Å²) < 4.78 is 5.09. The number of fused-ring (bicyclic) bond motifs is 10. The second kappa shape index (κ2) is 20.6. The number of aromatic nitrogens is 2. The molecular weight excluding hydrogens is 1100 g/mol. The van der Waals surface area contributed by atoms with Gasteiger partial charge in [0, 0.05) is 66.8 Å². The molecule has 0 amide bonds. The van der Waals surface area contributed by atoms with Gasteiger partial charge in [0.15, 0.2) is 0 Å². The van der Waals surface area contributed by atoms with Gasteiger partial charge in [0.2, 0.25) is 0 Å². The average molecular weight is 1180 g/mol. The highest BCUT2D eigenvalue weighted by Gasteiger charge is 2.45. The van der Waals surface area contributed by atoms with Crippen molar-refractivity contribution in [3.05, 3.63) is 258 Å². The van der Waals surface area contributed by atoms with Gasteiger partial charge in [0.1, 0.15) is 0 Å². The zero-order valence-corrected chi connectivity index (χ0v) is 55.8. The summed E-state index contributed by atoms with van der Waals surface area (Å²) in [4.78, 5) is 5.29. The Hall–Kier alpha value is -9.32. The van der Waals surface area contributed by atoms with Crippen LogP contribution in [0.4, 0.5) is 34.1 Å². The van der Waals surface area contributed by atoms with Gasteiger partial charge in [0.05, 0.1) is 33.4 Å². The van der Waals surface area contributed by atoms with Crippen LogP contribution in [0, 0.1) is 0 Å². The van der Waals surface area contributed by atoms with Crippen LogP contribution in [0.5, 0.6) is 0 Å². The van der Waals surface area contributed by atoms with E-state index in [4.69, 9.17) is 0 Å². The lowest BCUT2D eigenvalue weighted by Crippen LogP contribution is -2.61. The molecule has 0 unspecified atom stereocenters. The van der Waals surface area contributed by atoms with Crippen molar-refractivity contribution < 1.29 is 0 Å². The number of rotatable bonds is 6. The number of hydrogen-bond donors (Lipinski definition) is 0. The van der Waals surface area contributed by atoms with Gasteiger partial charge in [-0.25, -0.2) is 0 Å². The normalized spacial score (nSPS) is 13.6. The summed E-state index contributed by atoms with van der Waals surface area (Å²) in [6.07, 6.45) is 0. The maximum Gasteiger partial charge on any atom is 0.252 e. The van der Waals surface area contributed by atoms with Gasteiger partial charge < -0.3 is 18.9 Å². The molecule has 4 nitrogen and oxygen atoms in total. The second-order valence-electron chi connectivity index (χ2n) is 31.1. The van der Waals surface area contributed by atoms with Gasteiger partial charge in [-0.15, -0.1) is 0 Å². The summed E-state index contributed by atoms with van der Waals surface area (Å²) in [6.45, 7) is 34.9. The lowest BCUT2D eigenvalue weighted by molar-refractivity contribution is 0.590. The van der Waals surface area contributed by atoms with E-state index >= 15 is 0 Å². The smallest absolute Gasteiger partial charge is 0.252 e. The van der Waals surface area contributed by atoms with Crippen LogP contribution in [0.25, 0.3) is 77.2 Å². The van der Waals surface area contributed by atoms with Crippen molar-refractivity contribution in [1.29, 1.82) is 0 Å². The Bertz CT molecular complexity index is 4630. The van der Waals surface area contributed by atoms with Crippen molar-refractivity contribution in [2.75, 3.05) is 9.80 Å². The summed E-state index contributed by atoms with van der Waals surface area (Å²) in [7, 11) is 0. The Morgan fingerprint density at radius 2 is 0.560 bits per heavy atom. The first-order valence-corrected chi connectivity index (χ1v) is 32.9. The van der Waals surface area contributed by atoms with E-state index in [1.807, 2.05) is 0 Å². The van der Waals surface area contributed by atoms with Crippen LogP contribution in [-0.4, -0.2) is 15.8 Å². The van der Waals surface area contributed by atoms with E-state index in [0.717, 1.165) is 22.7 Å². The quantitative estimate of drug-likeness (QED) is 0.154. The Kier molecular flexibility index (Phi) is 13.2. The molecule has 0 saturated carbocycles. The molecule has 0 saturated heterocycles. The van der Waals surface area contributed by atoms with E-state index in [1.165, 1.54) is 133 Å². The number of nitrogens with zero attached hydrogens (tertiary/aromatic N) is 4. The topological polar surface area (TPSA) is 16.3 Å². The monoisotopic (exact) mass is 1180 g/mol. The van der Waals surface area contributed by atoms with E-state index in [1.54, 1.807) is 0 Å². The number of benzene rings is 11. The van der Waals surface area contributed by atoms with E-state index in [9.17, 15) is 0 Å². The highest BCUT2D eigenvalue weighted by molar-refractivity contribution is 7.00. The highest BCUT2D eigenvalue weighted by atomic mass is 15.2. The third-order valence-electron chi connectivity index (χ3n) is 19.9. The van der Waals surface area contributed by atoms with Crippen LogP contribution in [0.15, 0.2) is 231 Å². The molecule has 5 heteroatoms. The van der Waals surface area contributed by atoms with Gasteiger partial charge in [-0.1, -0.05) is 237 Å². The number of hydrogen-bond acceptors (Lipinski definition) is 2. The minimum Gasteiger partial charge on any atom is -0.311 e. The molecule has 11 aromatic carbocycles. The maximum absolute atomic E-state index is 2.64. The minimum atomic E-state index is -0.234. The second-order valence-corrected chi connectivity index (χ2v) is 31.1. The summed E-state index contributed by atoms with van der Waals surface area (Å²) in [5.41, 5.74) is 28.9. The number of para-hydroxylation sites is 2. The summed E-state index contributed by atoms with van der Waals surface area (Å²) in [6, 6.07) is 88.9. The molecule has 13 aromatic rings. The molecule has 450 valence electrons. The Morgan fingerprint density at radius 1 is 0.253 bits per heavy atom. The van der Waals surface area contributed by atoms with Gasteiger partial charge in [-0.2, -0.15) is 0 Å². The van der Waals surface area contributed by atoms with Crippen LogP contribution in [0.2, 0.25) is 0 Å². The van der Waals surface area contributed by atoms with E-state index in [0.29, 0.717) is 0 Å². The van der Waals surface area contributed by atoms with Crippen molar-refractivity contribution in [2.24, 2.45) is 0 Å². The molecule has 0 fully saturated rings. The fourth-order valence-corrected chi connectivity index (χ4v) is 14.7. The van der Waals surface area contributed by atoms with Crippen LogP contribution >= 0.6 is 0 Å². The highest BCUT2D eigenvalue weighted by Crippen LogP contribution is 2.51. The zero-order chi connectivity index (χ0) is 63.4. The first kappa shape index (κ1) is 58.1. The van der Waals surface area contributed by atoms with Crippen molar-refractivity contribution in [3.63, 3.8) is 0 Å². The van der Waals surface area contributed by atoms with Crippen molar-refractivity contribution >= 4 is 101 Å². The first-order chi connectivity index (χ1) is 43.3. The standard InChI is InChI=1S/C86H83BN4/c1-82(2,3)56-34-42-73-65(46-56)66-47-57(83(4,5)6)35-43-74(66)88(73)61-38-40-69-77(52-61)90(71-32-24-22-30-63(71)54-26-18-16-19-27-54)79-50-60(86(13,14)15)51-80-81(79)87(69)70-41-39-62(53-78(70)91(80)72-33-25-23-31-64(72)55-28-20-17-21-29-55)89-75-44-36-58(84(7,8)9)48-67(75)68-49-59(85(10,11)12)37-45-76(68)89/h16-53H,1-15H3. The molecule has 0 radical (unpaired) electrons. The zero-order valence-electron chi connectivity index (χ0n) is 55.8. The van der Waals surface area contributed by atoms with Gasteiger partial charge in [0.25, 0.3) is 6.71 Å². The SMILES string of the molecule is CC(C)(C)c1cc2c3c(c1)N(c1ccccc1-c1ccccc1)c1cc(-n4c5ccc(C(C)(C)C)cc5c5cc(C(C)(C)C)ccc54)ccc1B3c1ccc(-n3c4ccc(C(C)(C)C)cc4c4cc(C(C)(C)C)ccc43)cc1N2c1ccccc1-c1ccccc1. The molecule has 15 rings (SSSR count). The lowest BCUT2D eigenvalue weighted by Gasteiger charge is -2.46. The molecule has 0 atom stereocenters. The fourth-order valence-electron chi connectivity index (χ4n) is 14.7. The predicted molar refractivity (Wildman–Crippen MR) is 394 cm³/mol. The Morgan fingerprint density at radius 3 is 0.879 bits per heavy atom. The molecule has 0 N–H and O–H groups in total. The fraction of sp³-hybridized carbons (Fsp3) is 0.233. The summed E-state index contributed by atoms with van der Waals surface area (Å²) >= 11 is 0. The Balaban J connectivity index is 1.06. The number of anilines is 6. The predicted octanol–water partition coefficient (Wildman–Crippen LogP) is 21.8. The molecule has 91 heavy (non-hydrogen) atoms. The molecule has 0 aliphatic carbocycles. The molecule has 0 bridgehead atoms. The van der Waals surface area contributed by atoms with Gasteiger partial charge >= 0.3 is 0 Å². The summed E-state index contributed by atoms with van der Waals surface area (Å²) in [5, 5.41) is 5.12. The molecule has 2 aromatic heterocycles. The van der Waals surface area contributed by atoms with Crippen LogP contribution in [-0.2, 0) is 27.1 Å². The van der Waals surface area contributed by atoms with Crippen molar-refractivity contribution in [3.8, 4) is 33.6 Å². The summed E-state index contributed by atoms with van der Waals surface area (Å²) in [5.74, 6) is 0. The third-order valence-corrected chi connectivity index (χ3v) is 19.9. The van der Waals surface area contributed by atoms with Crippen LogP contribution < -0.4 is 26.2 Å². The van der Waals surface area contributed by atoms with Gasteiger partial charge in [-0.3, -0.25) is 0 Å². The maximum atomic E-state index is 2.64. The van der Waals surface area contributed by atoms with Crippen LogP contribution in [0.1, 0.15) is 132 Å². The molecular formula is C86H83BN4. The molecule has 2 aliphatic heterocycles. The Labute approximate surface area is 539 Å². The molecule has 4 heterocycles. The van der Waals surface area contributed by atoms with Crippen molar-refractivity contribution in [1.82, 2.24) is 9.13 Å². The van der Waals surface area contributed by atoms with Gasteiger partial charge in [-0.05, 0) is 179 Å². The lowest BCUT2D eigenvalue weighted by atomic mass is 9.33. The molecule has 0 spiro atoms. The average Bonchev–Trinajstić information content (AvgIpc) is 1.12. The molecule has 2 aliphatic rings. The van der Waals surface area contributed by atoms with Crippen LogP contribution in [0.3, 0.4) is 0 Å². The largest absolute Gasteiger partial charge is 0.311 e. The first-order valence-electron chi connectivity index (χ1n) is 32.9. The van der Waals surface area contributed by atoms with E-state index in [-0.39, 0.29) is 33.8 Å². The third kappa shape index (κ3) is 9.55. The minimum absolute atomic E-state index is 0.0209. The van der Waals surface area contributed by atoms with E-state index < -0.39 is 0 Å².